The predicted molar refractivity (Wildman–Crippen MR) is 98.0 cm³/mol. The summed E-state index contributed by atoms with van der Waals surface area (Å²) in [4.78, 5) is 19.1. The summed E-state index contributed by atoms with van der Waals surface area (Å²) in [5.74, 6) is -0.0744. The summed E-state index contributed by atoms with van der Waals surface area (Å²) in [6.45, 7) is 2.82. The fourth-order valence-corrected chi connectivity index (χ4v) is 3.85. The highest BCUT2D eigenvalue weighted by molar-refractivity contribution is 7.17. The van der Waals surface area contributed by atoms with E-state index in [4.69, 9.17) is 5.73 Å². The first-order chi connectivity index (χ1) is 11.7. The summed E-state index contributed by atoms with van der Waals surface area (Å²) >= 11 is 1.23. The van der Waals surface area contributed by atoms with Crippen molar-refractivity contribution in [3.05, 3.63) is 47.0 Å². The standard InChI is InChI=1S/C18H24N4OS/c19-18-21-12-16(24-18)17(23)20-10-9-15-8-4-5-11-22(15)13-14-6-2-1-3-7-14/h1-3,6-7,12,15H,4-5,8-11,13H2,(H2,19,21)(H,20,23). The third-order valence-electron chi connectivity index (χ3n) is 4.49. The zero-order valence-corrected chi connectivity index (χ0v) is 14.6. The summed E-state index contributed by atoms with van der Waals surface area (Å²) in [5.41, 5.74) is 6.93. The molecule has 1 atom stereocenters. The minimum atomic E-state index is -0.0744. The maximum Gasteiger partial charge on any atom is 0.263 e. The number of amides is 1. The number of nitrogens with one attached hydrogen (secondary N) is 1. The summed E-state index contributed by atoms with van der Waals surface area (Å²) in [6, 6.07) is 11.1. The number of aromatic nitrogens is 1. The third kappa shape index (κ3) is 4.55. The first-order valence-electron chi connectivity index (χ1n) is 8.50. The number of anilines is 1. The van der Waals surface area contributed by atoms with Gasteiger partial charge in [-0.2, -0.15) is 0 Å². The summed E-state index contributed by atoms with van der Waals surface area (Å²) < 4.78 is 0. The molecular weight excluding hydrogens is 320 g/mol. The molecule has 1 fully saturated rings. The van der Waals surface area contributed by atoms with Crippen molar-refractivity contribution in [2.75, 3.05) is 18.8 Å². The van der Waals surface area contributed by atoms with Crippen LogP contribution in [0.4, 0.5) is 5.13 Å². The molecule has 6 heteroatoms. The molecule has 0 bridgehead atoms. The molecule has 1 aliphatic heterocycles. The normalized spacial score (nSPS) is 18.4. The van der Waals surface area contributed by atoms with E-state index >= 15 is 0 Å². The number of nitrogen functional groups attached to an aromatic ring is 1. The van der Waals surface area contributed by atoms with Gasteiger partial charge >= 0.3 is 0 Å². The second kappa shape index (κ2) is 8.26. The number of hydrogen-bond donors (Lipinski definition) is 2. The van der Waals surface area contributed by atoms with Crippen molar-refractivity contribution < 1.29 is 4.79 Å². The maximum atomic E-state index is 12.1. The molecule has 0 spiro atoms. The number of piperidine rings is 1. The van der Waals surface area contributed by atoms with Crippen LogP contribution in [0.3, 0.4) is 0 Å². The number of carbonyl (C=O) groups is 1. The highest BCUT2D eigenvalue weighted by Gasteiger charge is 2.22. The molecule has 3 rings (SSSR count). The van der Waals surface area contributed by atoms with Crippen LogP contribution in [0.2, 0.25) is 0 Å². The molecule has 3 N–H and O–H groups in total. The van der Waals surface area contributed by atoms with Gasteiger partial charge in [0.15, 0.2) is 5.13 Å². The van der Waals surface area contributed by atoms with Crippen molar-refractivity contribution in [1.82, 2.24) is 15.2 Å². The molecule has 1 aromatic heterocycles. The van der Waals surface area contributed by atoms with Gasteiger partial charge in [-0.1, -0.05) is 48.1 Å². The fraction of sp³-hybridized carbons (Fsp3) is 0.444. The second-order valence-electron chi connectivity index (χ2n) is 6.21. The van der Waals surface area contributed by atoms with Gasteiger partial charge in [-0.05, 0) is 31.4 Å². The lowest BCUT2D eigenvalue weighted by Crippen LogP contribution is -2.41. The van der Waals surface area contributed by atoms with Crippen LogP contribution in [0, 0.1) is 0 Å². The van der Waals surface area contributed by atoms with E-state index in [1.807, 2.05) is 0 Å². The number of thiazole rings is 1. The van der Waals surface area contributed by atoms with Gasteiger partial charge in [0.05, 0.1) is 6.20 Å². The van der Waals surface area contributed by atoms with Crippen molar-refractivity contribution in [2.24, 2.45) is 0 Å². The molecule has 1 unspecified atom stereocenters. The molecule has 1 aromatic carbocycles. The molecule has 0 aliphatic carbocycles. The Hall–Kier alpha value is -1.92. The number of carbonyl (C=O) groups excluding carboxylic acids is 1. The molecule has 2 heterocycles. The molecule has 24 heavy (non-hydrogen) atoms. The highest BCUT2D eigenvalue weighted by atomic mass is 32.1. The van der Waals surface area contributed by atoms with E-state index < -0.39 is 0 Å². The maximum absolute atomic E-state index is 12.1. The van der Waals surface area contributed by atoms with Gasteiger partial charge < -0.3 is 11.1 Å². The number of rotatable bonds is 6. The largest absolute Gasteiger partial charge is 0.375 e. The fourth-order valence-electron chi connectivity index (χ4n) is 3.25. The Kier molecular flexibility index (Phi) is 5.82. The topological polar surface area (TPSA) is 71.2 Å². The van der Waals surface area contributed by atoms with Crippen molar-refractivity contribution in [2.45, 2.75) is 38.3 Å². The van der Waals surface area contributed by atoms with E-state index in [-0.39, 0.29) is 5.91 Å². The van der Waals surface area contributed by atoms with E-state index in [1.165, 1.54) is 42.4 Å². The van der Waals surface area contributed by atoms with Crippen molar-refractivity contribution in [3.63, 3.8) is 0 Å². The van der Waals surface area contributed by atoms with Crippen LogP contribution < -0.4 is 11.1 Å². The monoisotopic (exact) mass is 344 g/mol. The van der Waals surface area contributed by atoms with Gasteiger partial charge in [0, 0.05) is 19.1 Å². The zero-order valence-electron chi connectivity index (χ0n) is 13.8. The Morgan fingerprint density at radius 3 is 2.92 bits per heavy atom. The molecule has 1 aliphatic rings. The lowest BCUT2D eigenvalue weighted by Gasteiger charge is -2.36. The second-order valence-corrected chi connectivity index (χ2v) is 7.28. The summed E-state index contributed by atoms with van der Waals surface area (Å²) in [7, 11) is 0. The quantitative estimate of drug-likeness (QED) is 0.845. The van der Waals surface area contributed by atoms with E-state index in [9.17, 15) is 4.79 Å². The van der Waals surface area contributed by atoms with Crippen molar-refractivity contribution >= 4 is 22.4 Å². The Morgan fingerprint density at radius 2 is 2.17 bits per heavy atom. The first kappa shape index (κ1) is 16.9. The van der Waals surface area contributed by atoms with Crippen LogP contribution >= 0.6 is 11.3 Å². The van der Waals surface area contributed by atoms with Crippen molar-refractivity contribution in [1.29, 1.82) is 0 Å². The van der Waals surface area contributed by atoms with Gasteiger partial charge in [-0.25, -0.2) is 4.98 Å². The lowest BCUT2D eigenvalue weighted by atomic mass is 9.98. The van der Waals surface area contributed by atoms with Crippen LogP contribution in [0.25, 0.3) is 0 Å². The Morgan fingerprint density at radius 1 is 1.33 bits per heavy atom. The van der Waals surface area contributed by atoms with Gasteiger partial charge in [-0.15, -0.1) is 0 Å². The van der Waals surface area contributed by atoms with E-state index in [2.05, 4.69) is 45.5 Å². The molecule has 0 radical (unpaired) electrons. The predicted octanol–water partition coefficient (Wildman–Crippen LogP) is 2.90. The molecule has 1 amide bonds. The number of hydrogen-bond acceptors (Lipinski definition) is 5. The van der Waals surface area contributed by atoms with Gasteiger partial charge in [-0.3, -0.25) is 9.69 Å². The lowest BCUT2D eigenvalue weighted by molar-refractivity contribution is 0.0940. The van der Waals surface area contributed by atoms with Crippen LogP contribution in [-0.2, 0) is 6.54 Å². The Balaban J connectivity index is 1.49. The van der Waals surface area contributed by atoms with Crippen LogP contribution in [-0.4, -0.2) is 34.9 Å². The molecule has 128 valence electrons. The summed E-state index contributed by atoms with van der Waals surface area (Å²) in [6.07, 6.45) is 6.26. The third-order valence-corrected chi connectivity index (χ3v) is 5.31. The molecule has 0 saturated carbocycles. The molecule has 5 nitrogen and oxygen atoms in total. The number of nitrogens with two attached hydrogens (primary N) is 1. The Bertz CT molecular complexity index is 658. The highest BCUT2D eigenvalue weighted by Crippen LogP contribution is 2.22. The van der Waals surface area contributed by atoms with Crippen LogP contribution in [0.15, 0.2) is 36.5 Å². The van der Waals surface area contributed by atoms with Gasteiger partial charge in [0.25, 0.3) is 5.91 Å². The minimum absolute atomic E-state index is 0.0744. The molecule has 2 aromatic rings. The SMILES string of the molecule is Nc1ncc(C(=O)NCCC2CCCCN2Cc2ccccc2)s1. The smallest absolute Gasteiger partial charge is 0.263 e. The van der Waals surface area contributed by atoms with E-state index in [0.29, 0.717) is 22.6 Å². The Labute approximate surface area is 146 Å². The van der Waals surface area contributed by atoms with Crippen LogP contribution in [0.5, 0.6) is 0 Å². The minimum Gasteiger partial charge on any atom is -0.375 e. The summed E-state index contributed by atoms with van der Waals surface area (Å²) in [5, 5.41) is 3.43. The van der Waals surface area contributed by atoms with Crippen LogP contribution in [0.1, 0.15) is 40.9 Å². The number of likely N-dealkylation sites (tertiary alicyclic amines) is 1. The average molecular weight is 344 g/mol. The van der Waals surface area contributed by atoms with Crippen molar-refractivity contribution in [3.8, 4) is 0 Å². The van der Waals surface area contributed by atoms with Gasteiger partial charge in [0.1, 0.15) is 4.88 Å². The molecular formula is C18H24N4OS. The van der Waals surface area contributed by atoms with E-state index in [0.717, 1.165) is 19.5 Å². The number of nitrogens with zero attached hydrogens (tertiary/aromatic N) is 2. The average Bonchev–Trinajstić information content (AvgIpc) is 3.04. The zero-order chi connectivity index (χ0) is 16.8. The van der Waals surface area contributed by atoms with E-state index in [1.54, 1.807) is 0 Å². The number of benzene rings is 1. The van der Waals surface area contributed by atoms with Gasteiger partial charge in [0.2, 0.25) is 0 Å². The molecule has 1 saturated heterocycles. The first-order valence-corrected chi connectivity index (χ1v) is 9.31.